The van der Waals surface area contributed by atoms with Crippen molar-refractivity contribution in [2.45, 2.75) is 12.5 Å². The molecule has 1 atom stereocenters. The lowest BCUT2D eigenvalue weighted by molar-refractivity contribution is -0.139. The molecular weight excluding hydrogens is 347 g/mol. The van der Waals surface area contributed by atoms with E-state index in [1.165, 1.54) is 6.07 Å². The number of amides is 1. The molecule has 5 nitrogen and oxygen atoms in total. The number of carbonyl (C=O) groups is 2. The Balaban J connectivity index is 2.87. The summed E-state index contributed by atoms with van der Waals surface area (Å²) >= 11 is 2.02. The average molecular weight is 358 g/mol. The summed E-state index contributed by atoms with van der Waals surface area (Å²) < 4.78 is 0.793. The molecule has 4 N–H and O–H groups in total. The Morgan fingerprint density at radius 1 is 1.50 bits per heavy atom. The van der Waals surface area contributed by atoms with Crippen LogP contribution in [0.1, 0.15) is 16.8 Å². The first-order chi connectivity index (χ1) is 8.43. The zero-order valence-corrected chi connectivity index (χ0v) is 11.5. The molecule has 0 radical (unpaired) electrons. The molecule has 0 aliphatic rings. The number of nitrogens with two attached hydrogens (primary N) is 1. The first kappa shape index (κ1) is 14.3. The summed E-state index contributed by atoms with van der Waals surface area (Å²) in [5.74, 6) is 0.529. The highest BCUT2D eigenvalue weighted by atomic mass is 127. The van der Waals surface area contributed by atoms with Crippen molar-refractivity contribution in [3.63, 3.8) is 0 Å². The molecule has 1 rings (SSSR count). The van der Waals surface area contributed by atoms with Crippen molar-refractivity contribution < 1.29 is 14.7 Å². The van der Waals surface area contributed by atoms with Crippen molar-refractivity contribution in [3.8, 4) is 12.3 Å². The van der Waals surface area contributed by atoms with Gasteiger partial charge >= 0.3 is 5.97 Å². The number of terminal acetylenes is 1. The van der Waals surface area contributed by atoms with Gasteiger partial charge in [0.2, 0.25) is 0 Å². The number of nitrogen functional groups attached to an aromatic ring is 1. The lowest BCUT2D eigenvalue weighted by Crippen LogP contribution is -2.40. The van der Waals surface area contributed by atoms with E-state index in [2.05, 4.69) is 11.2 Å². The van der Waals surface area contributed by atoms with Crippen LogP contribution in [0.25, 0.3) is 0 Å². The Bertz CT molecular complexity index is 502. The number of halogens is 1. The van der Waals surface area contributed by atoms with Gasteiger partial charge in [-0.15, -0.1) is 12.3 Å². The maximum absolute atomic E-state index is 11.8. The summed E-state index contributed by atoms with van der Waals surface area (Å²) in [6.07, 6.45) is 4.98. The minimum Gasteiger partial charge on any atom is -0.480 e. The van der Waals surface area contributed by atoms with Gasteiger partial charge in [-0.25, -0.2) is 4.79 Å². The van der Waals surface area contributed by atoms with Crippen molar-refractivity contribution in [1.29, 1.82) is 0 Å². The number of carboxylic acid groups (broad SMARTS) is 1. The van der Waals surface area contributed by atoms with E-state index in [-0.39, 0.29) is 6.42 Å². The Hall–Kier alpha value is -1.75. The molecule has 0 heterocycles. The lowest BCUT2D eigenvalue weighted by atomic mass is 10.1. The summed E-state index contributed by atoms with van der Waals surface area (Å²) in [7, 11) is 0. The molecule has 0 aliphatic heterocycles. The van der Waals surface area contributed by atoms with Crippen LogP contribution < -0.4 is 11.1 Å². The molecule has 0 bridgehead atoms. The van der Waals surface area contributed by atoms with Gasteiger partial charge in [0.05, 0.1) is 0 Å². The summed E-state index contributed by atoms with van der Waals surface area (Å²) in [4.78, 5) is 22.7. The van der Waals surface area contributed by atoms with Gasteiger partial charge in [-0.3, -0.25) is 4.79 Å². The molecule has 0 aromatic heterocycles. The first-order valence-corrected chi connectivity index (χ1v) is 6.05. The van der Waals surface area contributed by atoms with Crippen LogP contribution in [-0.4, -0.2) is 23.0 Å². The van der Waals surface area contributed by atoms with E-state index in [0.717, 1.165) is 3.57 Å². The second-order valence-corrected chi connectivity index (χ2v) is 4.79. The number of nitrogens with one attached hydrogen (secondary N) is 1. The number of carboxylic acids is 1. The smallest absolute Gasteiger partial charge is 0.327 e. The van der Waals surface area contributed by atoms with Gasteiger partial charge in [0.25, 0.3) is 5.91 Å². The second-order valence-electron chi connectivity index (χ2n) is 3.55. The van der Waals surface area contributed by atoms with E-state index in [9.17, 15) is 9.59 Å². The fourth-order valence-electron chi connectivity index (χ4n) is 1.30. The molecule has 0 saturated heterocycles. The molecule has 0 aliphatic carbocycles. The maximum Gasteiger partial charge on any atom is 0.327 e. The molecule has 0 spiro atoms. The fraction of sp³-hybridized carbons (Fsp3) is 0.167. The van der Waals surface area contributed by atoms with Crippen LogP contribution >= 0.6 is 22.6 Å². The normalized spacial score (nSPS) is 11.3. The van der Waals surface area contributed by atoms with Crippen LogP contribution in [0, 0.1) is 15.9 Å². The number of anilines is 1. The van der Waals surface area contributed by atoms with Crippen LogP contribution in [0.15, 0.2) is 18.2 Å². The molecule has 94 valence electrons. The zero-order valence-electron chi connectivity index (χ0n) is 9.31. The van der Waals surface area contributed by atoms with Gasteiger partial charge in [-0.05, 0) is 40.8 Å². The summed E-state index contributed by atoms with van der Waals surface area (Å²) in [6.45, 7) is 0. The Labute approximate surface area is 118 Å². The van der Waals surface area contributed by atoms with Crippen molar-refractivity contribution in [2.75, 3.05) is 5.73 Å². The molecule has 0 saturated carbocycles. The number of hydrogen-bond donors (Lipinski definition) is 3. The molecule has 1 aromatic carbocycles. The lowest BCUT2D eigenvalue weighted by Gasteiger charge is -2.12. The molecule has 18 heavy (non-hydrogen) atoms. The topological polar surface area (TPSA) is 92.4 Å². The first-order valence-electron chi connectivity index (χ1n) is 4.97. The predicted molar refractivity (Wildman–Crippen MR) is 75.9 cm³/mol. The predicted octanol–water partition coefficient (Wildman–Crippen LogP) is 1.08. The third-order valence-corrected chi connectivity index (χ3v) is 2.73. The summed E-state index contributed by atoms with van der Waals surface area (Å²) in [5.41, 5.74) is 6.36. The second kappa shape index (κ2) is 6.26. The molecule has 1 amide bonds. The minimum atomic E-state index is -1.17. The van der Waals surface area contributed by atoms with Crippen molar-refractivity contribution in [1.82, 2.24) is 5.32 Å². The van der Waals surface area contributed by atoms with Gasteiger partial charge in [-0.1, -0.05) is 0 Å². The summed E-state index contributed by atoms with van der Waals surface area (Å²) in [6, 6.07) is 3.70. The minimum absolute atomic E-state index is 0.0690. The third kappa shape index (κ3) is 3.92. The number of rotatable bonds is 4. The summed E-state index contributed by atoms with van der Waals surface area (Å²) in [5, 5.41) is 11.2. The Morgan fingerprint density at radius 3 is 2.67 bits per heavy atom. The Kier molecular flexibility index (Phi) is 4.97. The highest BCUT2D eigenvalue weighted by molar-refractivity contribution is 14.1. The number of benzene rings is 1. The quantitative estimate of drug-likeness (QED) is 0.427. The largest absolute Gasteiger partial charge is 0.480 e. The van der Waals surface area contributed by atoms with Gasteiger partial charge in [0.1, 0.15) is 6.04 Å². The SMILES string of the molecule is C#CCC(NC(=O)c1cc(N)cc(I)c1)C(=O)O. The third-order valence-electron chi connectivity index (χ3n) is 2.11. The van der Waals surface area contributed by atoms with E-state index >= 15 is 0 Å². The zero-order chi connectivity index (χ0) is 13.7. The van der Waals surface area contributed by atoms with Gasteiger partial charge < -0.3 is 16.2 Å². The van der Waals surface area contributed by atoms with E-state index in [4.69, 9.17) is 17.3 Å². The van der Waals surface area contributed by atoms with Crippen molar-refractivity contribution >= 4 is 40.2 Å². The van der Waals surface area contributed by atoms with E-state index in [1.54, 1.807) is 12.1 Å². The van der Waals surface area contributed by atoms with E-state index in [0.29, 0.717) is 11.3 Å². The molecule has 1 aromatic rings. The highest BCUT2D eigenvalue weighted by Gasteiger charge is 2.19. The van der Waals surface area contributed by atoms with Gasteiger partial charge in [0.15, 0.2) is 0 Å². The average Bonchev–Trinajstić information content (AvgIpc) is 2.26. The van der Waals surface area contributed by atoms with Crippen LogP contribution in [0.4, 0.5) is 5.69 Å². The Morgan fingerprint density at radius 2 is 2.17 bits per heavy atom. The monoisotopic (exact) mass is 358 g/mol. The number of aliphatic carboxylic acids is 1. The molecular formula is C12H11IN2O3. The molecule has 1 unspecified atom stereocenters. The number of carbonyl (C=O) groups excluding carboxylic acids is 1. The van der Waals surface area contributed by atoms with Gasteiger partial charge in [0, 0.05) is 21.2 Å². The van der Waals surface area contributed by atoms with Crippen molar-refractivity contribution in [2.24, 2.45) is 0 Å². The fourth-order valence-corrected chi connectivity index (χ4v) is 2.00. The molecule has 0 fully saturated rings. The van der Waals surface area contributed by atoms with Gasteiger partial charge in [-0.2, -0.15) is 0 Å². The standard InChI is InChI=1S/C12H11IN2O3/c1-2-3-10(12(17)18)15-11(16)7-4-8(13)6-9(14)5-7/h1,4-6,10H,3,14H2,(H,15,16)(H,17,18). The van der Waals surface area contributed by atoms with Crippen LogP contribution in [-0.2, 0) is 4.79 Å². The van der Waals surface area contributed by atoms with Crippen LogP contribution in [0.5, 0.6) is 0 Å². The van der Waals surface area contributed by atoms with E-state index in [1.807, 2.05) is 22.6 Å². The van der Waals surface area contributed by atoms with E-state index < -0.39 is 17.9 Å². The van der Waals surface area contributed by atoms with Crippen molar-refractivity contribution in [3.05, 3.63) is 27.3 Å². The molecule has 6 heteroatoms. The number of hydrogen-bond acceptors (Lipinski definition) is 3. The highest BCUT2D eigenvalue weighted by Crippen LogP contribution is 2.14. The van der Waals surface area contributed by atoms with Crippen LogP contribution in [0.2, 0.25) is 0 Å². The maximum atomic E-state index is 11.8. The van der Waals surface area contributed by atoms with Crippen LogP contribution in [0.3, 0.4) is 0 Å².